The number of halogens is 1. The fourth-order valence-electron chi connectivity index (χ4n) is 2.31. The molecule has 1 fully saturated rings. The molecule has 1 aromatic heterocycles. The van der Waals surface area contributed by atoms with Gasteiger partial charge in [-0.3, -0.25) is 0 Å². The van der Waals surface area contributed by atoms with Crippen LogP contribution in [0.3, 0.4) is 0 Å². The lowest BCUT2D eigenvalue weighted by atomic mass is 10.2. The standard InChI is InChI=1S/C12H23N5O2S.ClH/c1-10(2)16(4)20(18,19)17-8-5-13-9-11(17)12-14-6-7-15(12)3;/h6-7,10-11,13H,5,8-9H2,1-4H3;1H. The van der Waals surface area contributed by atoms with E-state index in [-0.39, 0.29) is 24.5 Å². The van der Waals surface area contributed by atoms with Gasteiger partial charge in [-0.15, -0.1) is 12.4 Å². The molecule has 2 heterocycles. The van der Waals surface area contributed by atoms with Crippen molar-refractivity contribution in [2.75, 3.05) is 26.7 Å². The van der Waals surface area contributed by atoms with Gasteiger partial charge in [-0.05, 0) is 13.8 Å². The normalized spacial score (nSPS) is 20.8. The van der Waals surface area contributed by atoms with Crippen LogP contribution in [0.4, 0.5) is 0 Å². The minimum atomic E-state index is -3.48. The Morgan fingerprint density at radius 1 is 1.48 bits per heavy atom. The van der Waals surface area contributed by atoms with E-state index in [1.54, 1.807) is 17.5 Å². The highest BCUT2D eigenvalue weighted by Crippen LogP contribution is 2.25. The molecule has 1 N–H and O–H groups in total. The molecule has 0 amide bonds. The number of aryl methyl sites for hydroxylation is 1. The smallest absolute Gasteiger partial charge is 0.282 e. The van der Waals surface area contributed by atoms with Crippen LogP contribution in [-0.4, -0.2) is 59.3 Å². The number of hydrogen-bond acceptors (Lipinski definition) is 4. The van der Waals surface area contributed by atoms with Crippen LogP contribution in [0.25, 0.3) is 0 Å². The third-order valence-corrected chi connectivity index (χ3v) is 5.92. The van der Waals surface area contributed by atoms with E-state index in [4.69, 9.17) is 0 Å². The lowest BCUT2D eigenvalue weighted by molar-refractivity contribution is 0.235. The maximum atomic E-state index is 12.7. The molecule has 0 bridgehead atoms. The Morgan fingerprint density at radius 3 is 2.67 bits per heavy atom. The molecule has 1 unspecified atom stereocenters. The van der Waals surface area contributed by atoms with Crippen LogP contribution >= 0.6 is 12.4 Å². The first-order valence-electron chi connectivity index (χ1n) is 6.78. The highest BCUT2D eigenvalue weighted by molar-refractivity contribution is 7.86. The van der Waals surface area contributed by atoms with Crippen molar-refractivity contribution >= 4 is 22.6 Å². The lowest BCUT2D eigenvalue weighted by Crippen LogP contribution is -2.54. The second kappa shape index (κ2) is 7.06. The molecule has 0 spiro atoms. The highest BCUT2D eigenvalue weighted by atomic mass is 35.5. The maximum Gasteiger partial charge on any atom is 0.282 e. The largest absolute Gasteiger partial charge is 0.337 e. The summed E-state index contributed by atoms with van der Waals surface area (Å²) in [6.07, 6.45) is 3.53. The van der Waals surface area contributed by atoms with Gasteiger partial charge in [-0.1, -0.05) is 0 Å². The molecule has 2 rings (SSSR count). The molecular weight excluding hydrogens is 314 g/mol. The quantitative estimate of drug-likeness (QED) is 0.862. The second-order valence-electron chi connectivity index (χ2n) is 5.34. The van der Waals surface area contributed by atoms with Gasteiger partial charge in [0.15, 0.2) is 0 Å². The summed E-state index contributed by atoms with van der Waals surface area (Å²) in [5.41, 5.74) is 0. The molecule has 9 heteroatoms. The fraction of sp³-hybridized carbons (Fsp3) is 0.750. The Hall–Kier alpha value is -0.670. The number of nitrogens with zero attached hydrogens (tertiary/aromatic N) is 4. The average molecular weight is 338 g/mol. The van der Waals surface area contributed by atoms with Crippen LogP contribution in [0.15, 0.2) is 12.4 Å². The SMILES string of the molecule is CC(C)N(C)S(=O)(=O)N1CCNCC1c1nccn1C.Cl. The van der Waals surface area contributed by atoms with Crippen molar-refractivity contribution in [3.8, 4) is 0 Å². The first kappa shape index (κ1) is 18.4. The fourth-order valence-corrected chi connectivity index (χ4v) is 3.99. The third-order valence-electron chi connectivity index (χ3n) is 3.74. The zero-order valence-corrected chi connectivity index (χ0v) is 14.5. The van der Waals surface area contributed by atoms with Crippen molar-refractivity contribution in [1.82, 2.24) is 23.5 Å². The summed E-state index contributed by atoms with van der Waals surface area (Å²) >= 11 is 0. The van der Waals surface area contributed by atoms with Gasteiger partial charge < -0.3 is 9.88 Å². The Balaban J connectivity index is 0.00000220. The highest BCUT2D eigenvalue weighted by Gasteiger charge is 2.38. The topological polar surface area (TPSA) is 70.5 Å². The zero-order chi connectivity index (χ0) is 14.9. The van der Waals surface area contributed by atoms with Gasteiger partial charge in [0, 0.05) is 52.2 Å². The summed E-state index contributed by atoms with van der Waals surface area (Å²) in [7, 11) is 0.0254. The first-order chi connectivity index (χ1) is 9.35. The molecule has 122 valence electrons. The van der Waals surface area contributed by atoms with Crippen LogP contribution in [0, 0.1) is 0 Å². The van der Waals surface area contributed by atoms with E-state index >= 15 is 0 Å². The monoisotopic (exact) mass is 337 g/mol. The van der Waals surface area contributed by atoms with Gasteiger partial charge in [-0.2, -0.15) is 17.0 Å². The van der Waals surface area contributed by atoms with Crippen molar-refractivity contribution in [2.24, 2.45) is 7.05 Å². The van der Waals surface area contributed by atoms with Crippen molar-refractivity contribution in [3.05, 3.63) is 18.2 Å². The van der Waals surface area contributed by atoms with Gasteiger partial charge in [-0.25, -0.2) is 4.98 Å². The molecule has 0 aromatic carbocycles. The summed E-state index contributed by atoms with van der Waals surface area (Å²) < 4.78 is 30.3. The predicted molar refractivity (Wildman–Crippen MR) is 84.6 cm³/mol. The minimum absolute atomic E-state index is 0. The van der Waals surface area contributed by atoms with Crippen LogP contribution < -0.4 is 5.32 Å². The van der Waals surface area contributed by atoms with E-state index in [9.17, 15) is 8.42 Å². The Kier molecular flexibility index (Phi) is 6.18. The van der Waals surface area contributed by atoms with Crippen molar-refractivity contribution in [1.29, 1.82) is 0 Å². The second-order valence-corrected chi connectivity index (χ2v) is 7.29. The number of imidazole rings is 1. The molecular formula is C12H24ClN5O2S. The van der Waals surface area contributed by atoms with Crippen molar-refractivity contribution in [2.45, 2.75) is 25.9 Å². The Morgan fingerprint density at radius 2 is 2.14 bits per heavy atom. The molecule has 1 saturated heterocycles. The van der Waals surface area contributed by atoms with Crippen LogP contribution in [0.2, 0.25) is 0 Å². The number of nitrogens with one attached hydrogen (secondary N) is 1. The Labute approximate surface area is 132 Å². The molecule has 1 atom stereocenters. The van der Waals surface area contributed by atoms with E-state index in [2.05, 4.69) is 10.3 Å². The third kappa shape index (κ3) is 3.57. The zero-order valence-electron chi connectivity index (χ0n) is 12.9. The minimum Gasteiger partial charge on any atom is -0.337 e. The molecule has 1 aliphatic rings. The number of piperazine rings is 1. The maximum absolute atomic E-state index is 12.7. The molecule has 7 nitrogen and oxygen atoms in total. The van der Waals surface area contributed by atoms with E-state index < -0.39 is 10.2 Å². The molecule has 0 radical (unpaired) electrons. The van der Waals surface area contributed by atoms with Crippen LogP contribution in [0.5, 0.6) is 0 Å². The molecule has 1 aliphatic heterocycles. The van der Waals surface area contributed by atoms with E-state index in [1.165, 1.54) is 4.31 Å². The average Bonchev–Trinajstić information content (AvgIpc) is 2.83. The van der Waals surface area contributed by atoms with Gasteiger partial charge in [0.25, 0.3) is 10.2 Å². The summed E-state index contributed by atoms with van der Waals surface area (Å²) in [5.74, 6) is 0.762. The van der Waals surface area contributed by atoms with Gasteiger partial charge in [0.2, 0.25) is 0 Å². The first-order valence-corrected chi connectivity index (χ1v) is 8.18. The predicted octanol–water partition coefficient (Wildman–Crippen LogP) is 0.373. The van der Waals surface area contributed by atoms with Crippen LogP contribution in [-0.2, 0) is 17.3 Å². The number of aromatic nitrogens is 2. The molecule has 1 aromatic rings. The van der Waals surface area contributed by atoms with Gasteiger partial charge in [0.05, 0.1) is 6.04 Å². The van der Waals surface area contributed by atoms with E-state index in [1.807, 2.05) is 31.7 Å². The number of hydrogen-bond donors (Lipinski definition) is 1. The van der Waals surface area contributed by atoms with Crippen molar-refractivity contribution < 1.29 is 8.42 Å². The van der Waals surface area contributed by atoms with E-state index in [0.29, 0.717) is 19.6 Å². The van der Waals surface area contributed by atoms with Crippen LogP contribution in [0.1, 0.15) is 25.7 Å². The molecule has 0 saturated carbocycles. The summed E-state index contributed by atoms with van der Waals surface area (Å²) in [5, 5.41) is 3.24. The summed E-state index contributed by atoms with van der Waals surface area (Å²) in [6.45, 7) is 5.43. The van der Waals surface area contributed by atoms with Gasteiger partial charge in [0.1, 0.15) is 5.82 Å². The summed E-state index contributed by atoms with van der Waals surface area (Å²) in [4.78, 5) is 4.31. The Bertz CT molecular complexity index is 560. The van der Waals surface area contributed by atoms with E-state index in [0.717, 1.165) is 5.82 Å². The lowest BCUT2D eigenvalue weighted by Gasteiger charge is -2.37. The molecule has 0 aliphatic carbocycles. The summed E-state index contributed by atoms with van der Waals surface area (Å²) in [6, 6.07) is -0.341. The van der Waals surface area contributed by atoms with Gasteiger partial charge >= 0.3 is 0 Å². The van der Waals surface area contributed by atoms with Crippen molar-refractivity contribution in [3.63, 3.8) is 0 Å². The number of rotatable bonds is 4. The molecule has 21 heavy (non-hydrogen) atoms.